The summed E-state index contributed by atoms with van der Waals surface area (Å²) in [5.41, 5.74) is 0.775. The maximum absolute atomic E-state index is 12.4. The molecule has 0 fully saturated rings. The van der Waals surface area contributed by atoms with Gasteiger partial charge in [-0.2, -0.15) is 0 Å². The molecule has 0 atom stereocenters. The van der Waals surface area contributed by atoms with Crippen LogP contribution in [0.15, 0.2) is 91.0 Å². The summed E-state index contributed by atoms with van der Waals surface area (Å²) in [6.07, 6.45) is 0. The zero-order valence-corrected chi connectivity index (χ0v) is 12.5. The van der Waals surface area contributed by atoms with Crippen molar-refractivity contribution in [1.82, 2.24) is 0 Å². The van der Waals surface area contributed by atoms with Crippen molar-refractivity contribution < 1.29 is 9.90 Å². The molecular formula is C20H17NO2. The maximum Gasteiger partial charge on any atom is 0.338 e. The number of benzene rings is 3. The van der Waals surface area contributed by atoms with Gasteiger partial charge in [0.15, 0.2) is 5.54 Å². The molecule has 3 aromatic carbocycles. The van der Waals surface area contributed by atoms with Crippen molar-refractivity contribution in [3.63, 3.8) is 0 Å². The highest BCUT2D eigenvalue weighted by molar-refractivity contribution is 5.89. The molecule has 0 radical (unpaired) electrons. The molecule has 3 nitrogen and oxygen atoms in total. The summed E-state index contributed by atoms with van der Waals surface area (Å²) in [4.78, 5) is 12.4. The second-order valence-corrected chi connectivity index (χ2v) is 5.28. The number of carboxylic acids is 1. The van der Waals surface area contributed by atoms with E-state index in [1.807, 2.05) is 91.0 Å². The number of carboxylic acid groups (broad SMARTS) is 1. The standard InChI is InChI=1S/C20H17NO2/c22-19(23)20(16-10-4-1-5-11-16,17-12-6-2-7-13-17)21-18-14-8-3-9-15-18/h1-15,21H,(H,22,23). The third-order valence-corrected chi connectivity index (χ3v) is 3.84. The topological polar surface area (TPSA) is 49.3 Å². The second kappa shape index (κ2) is 6.36. The average Bonchev–Trinajstić information content (AvgIpc) is 2.62. The van der Waals surface area contributed by atoms with Crippen molar-refractivity contribution in [3.05, 3.63) is 102 Å². The van der Waals surface area contributed by atoms with E-state index in [0.29, 0.717) is 11.1 Å². The van der Waals surface area contributed by atoms with E-state index in [2.05, 4.69) is 5.32 Å². The minimum Gasteiger partial charge on any atom is -0.479 e. The number of hydrogen-bond acceptors (Lipinski definition) is 2. The van der Waals surface area contributed by atoms with Gasteiger partial charge in [0.25, 0.3) is 0 Å². The van der Waals surface area contributed by atoms with Gasteiger partial charge >= 0.3 is 5.97 Å². The van der Waals surface area contributed by atoms with Crippen molar-refractivity contribution in [3.8, 4) is 0 Å². The molecule has 0 bridgehead atoms. The van der Waals surface area contributed by atoms with Crippen LogP contribution in [-0.4, -0.2) is 11.1 Å². The Morgan fingerprint density at radius 1 is 0.696 bits per heavy atom. The van der Waals surface area contributed by atoms with Gasteiger partial charge in [0, 0.05) is 5.69 Å². The van der Waals surface area contributed by atoms with Crippen molar-refractivity contribution in [2.24, 2.45) is 0 Å². The molecule has 0 spiro atoms. The van der Waals surface area contributed by atoms with Crippen LogP contribution in [-0.2, 0) is 10.3 Å². The smallest absolute Gasteiger partial charge is 0.338 e. The summed E-state index contributed by atoms with van der Waals surface area (Å²) in [6.45, 7) is 0. The molecule has 0 heterocycles. The van der Waals surface area contributed by atoms with Crippen LogP contribution in [0, 0.1) is 0 Å². The van der Waals surface area contributed by atoms with Crippen LogP contribution in [0.3, 0.4) is 0 Å². The van der Waals surface area contributed by atoms with Gasteiger partial charge in [0.05, 0.1) is 0 Å². The summed E-state index contributed by atoms with van der Waals surface area (Å²) < 4.78 is 0. The third-order valence-electron chi connectivity index (χ3n) is 3.84. The lowest BCUT2D eigenvalue weighted by Gasteiger charge is -2.32. The summed E-state index contributed by atoms with van der Waals surface area (Å²) in [5.74, 6) is -0.946. The first-order valence-corrected chi connectivity index (χ1v) is 7.41. The van der Waals surface area contributed by atoms with Crippen LogP contribution in [0.1, 0.15) is 11.1 Å². The van der Waals surface area contributed by atoms with Gasteiger partial charge in [0.1, 0.15) is 0 Å². The number of hydrogen-bond donors (Lipinski definition) is 2. The summed E-state index contributed by atoms with van der Waals surface area (Å²) in [7, 11) is 0. The van der Waals surface area contributed by atoms with E-state index in [1.54, 1.807) is 0 Å². The van der Waals surface area contributed by atoms with Crippen LogP contribution in [0.5, 0.6) is 0 Å². The first-order valence-electron chi connectivity index (χ1n) is 7.41. The normalized spacial score (nSPS) is 11.0. The predicted octanol–water partition coefficient (Wildman–Crippen LogP) is 4.13. The Morgan fingerprint density at radius 3 is 1.48 bits per heavy atom. The Bertz CT molecular complexity index is 731. The van der Waals surface area contributed by atoms with Crippen molar-refractivity contribution in [1.29, 1.82) is 0 Å². The zero-order valence-electron chi connectivity index (χ0n) is 12.5. The number of aliphatic carboxylic acids is 1. The van der Waals surface area contributed by atoms with Gasteiger partial charge in [-0.15, -0.1) is 0 Å². The minimum atomic E-state index is -1.34. The molecule has 114 valence electrons. The number of para-hydroxylation sites is 1. The Kier molecular flexibility index (Phi) is 4.11. The number of nitrogens with one attached hydrogen (secondary N) is 1. The molecule has 0 aliphatic heterocycles. The average molecular weight is 303 g/mol. The van der Waals surface area contributed by atoms with E-state index in [-0.39, 0.29) is 0 Å². The van der Waals surface area contributed by atoms with Crippen LogP contribution in [0.25, 0.3) is 0 Å². The van der Waals surface area contributed by atoms with Crippen molar-refractivity contribution in [2.75, 3.05) is 5.32 Å². The quantitative estimate of drug-likeness (QED) is 0.745. The molecule has 2 N–H and O–H groups in total. The lowest BCUT2D eigenvalue weighted by Crippen LogP contribution is -2.44. The van der Waals surface area contributed by atoms with Crippen LogP contribution >= 0.6 is 0 Å². The SMILES string of the molecule is O=C(O)C(Nc1ccccc1)(c1ccccc1)c1ccccc1. The van der Waals surface area contributed by atoms with E-state index in [9.17, 15) is 9.90 Å². The van der Waals surface area contributed by atoms with Crippen molar-refractivity contribution in [2.45, 2.75) is 5.54 Å². The summed E-state index contributed by atoms with van der Waals surface area (Å²) in [5, 5.41) is 13.4. The fraction of sp³-hybridized carbons (Fsp3) is 0.0500. The first kappa shape index (κ1) is 14.9. The van der Waals surface area contributed by atoms with E-state index >= 15 is 0 Å². The Hall–Kier alpha value is -3.07. The van der Waals surface area contributed by atoms with Gasteiger partial charge in [0.2, 0.25) is 0 Å². The molecule has 0 unspecified atom stereocenters. The van der Waals surface area contributed by atoms with Crippen LogP contribution in [0.4, 0.5) is 5.69 Å². The lowest BCUT2D eigenvalue weighted by molar-refractivity contribution is -0.141. The second-order valence-electron chi connectivity index (χ2n) is 5.28. The number of rotatable bonds is 5. The molecule has 0 aromatic heterocycles. The van der Waals surface area contributed by atoms with E-state index < -0.39 is 11.5 Å². The van der Waals surface area contributed by atoms with E-state index in [1.165, 1.54) is 0 Å². The van der Waals surface area contributed by atoms with Gasteiger partial charge in [-0.1, -0.05) is 78.9 Å². The van der Waals surface area contributed by atoms with Crippen molar-refractivity contribution >= 4 is 11.7 Å². The fourth-order valence-corrected chi connectivity index (χ4v) is 2.73. The van der Waals surface area contributed by atoms with Gasteiger partial charge < -0.3 is 10.4 Å². The van der Waals surface area contributed by atoms with Gasteiger partial charge in [-0.25, -0.2) is 4.79 Å². The Morgan fingerprint density at radius 2 is 1.09 bits per heavy atom. The molecule has 3 rings (SSSR count). The monoisotopic (exact) mass is 303 g/mol. The zero-order chi connectivity index (χ0) is 16.1. The largest absolute Gasteiger partial charge is 0.479 e. The molecule has 0 aliphatic rings. The first-order chi connectivity index (χ1) is 11.2. The number of anilines is 1. The highest BCUT2D eigenvalue weighted by Gasteiger charge is 2.42. The number of carbonyl (C=O) groups is 1. The fourth-order valence-electron chi connectivity index (χ4n) is 2.73. The molecule has 0 saturated heterocycles. The van der Waals surface area contributed by atoms with Gasteiger partial charge in [-0.3, -0.25) is 0 Å². The van der Waals surface area contributed by atoms with Gasteiger partial charge in [-0.05, 0) is 23.3 Å². The molecule has 0 amide bonds. The minimum absolute atomic E-state index is 0.683. The Labute approximate surface area is 135 Å². The predicted molar refractivity (Wildman–Crippen MR) is 91.4 cm³/mol. The Balaban J connectivity index is 2.21. The maximum atomic E-state index is 12.4. The van der Waals surface area contributed by atoms with Crippen LogP contribution in [0.2, 0.25) is 0 Å². The molecule has 3 heteroatoms. The molecule has 0 saturated carbocycles. The van der Waals surface area contributed by atoms with E-state index in [4.69, 9.17) is 0 Å². The molecule has 3 aromatic rings. The summed E-state index contributed by atoms with van der Waals surface area (Å²) >= 11 is 0. The molecular weight excluding hydrogens is 286 g/mol. The van der Waals surface area contributed by atoms with E-state index in [0.717, 1.165) is 5.69 Å². The summed E-state index contributed by atoms with van der Waals surface area (Å²) in [6, 6.07) is 27.9. The molecule has 0 aliphatic carbocycles. The lowest BCUT2D eigenvalue weighted by atomic mass is 9.82. The third kappa shape index (κ3) is 2.81. The highest BCUT2D eigenvalue weighted by Crippen LogP contribution is 2.34. The molecule has 23 heavy (non-hydrogen) atoms. The van der Waals surface area contributed by atoms with Crippen LogP contribution < -0.4 is 5.32 Å². The highest BCUT2D eigenvalue weighted by atomic mass is 16.4.